The molecular formula is C28H33FN8O3. The third-order valence-corrected chi connectivity index (χ3v) is 7.84. The fourth-order valence-electron chi connectivity index (χ4n) is 5.94. The van der Waals surface area contributed by atoms with Crippen molar-refractivity contribution in [3.05, 3.63) is 36.2 Å². The zero-order valence-electron chi connectivity index (χ0n) is 23.4. The Morgan fingerprint density at radius 2 is 1.98 bits per heavy atom. The molecule has 1 saturated heterocycles. The van der Waals surface area contributed by atoms with Crippen molar-refractivity contribution in [1.82, 2.24) is 24.9 Å². The molecule has 3 aromatic heterocycles. The highest BCUT2D eigenvalue weighted by Crippen LogP contribution is 2.52. The maximum Gasteiger partial charge on any atom is 0.414 e. The molecule has 6 rings (SSSR count). The Kier molecular flexibility index (Phi) is 5.88. The highest BCUT2D eigenvalue weighted by molar-refractivity contribution is 6.16. The zero-order chi connectivity index (χ0) is 28.6. The summed E-state index contributed by atoms with van der Waals surface area (Å²) in [4.78, 5) is 37.5. The number of anilines is 2. The van der Waals surface area contributed by atoms with Gasteiger partial charge in [0, 0.05) is 31.6 Å². The van der Waals surface area contributed by atoms with Crippen LogP contribution in [-0.4, -0.2) is 62.8 Å². The number of aromatic nitrogens is 5. The Morgan fingerprint density at radius 3 is 2.62 bits per heavy atom. The van der Waals surface area contributed by atoms with Crippen molar-refractivity contribution < 1.29 is 18.7 Å². The fourth-order valence-corrected chi connectivity index (χ4v) is 5.94. The topological polar surface area (TPSA) is 135 Å². The minimum atomic E-state index is -0.713. The monoisotopic (exact) mass is 548 g/mol. The summed E-state index contributed by atoms with van der Waals surface area (Å²) in [5.41, 5.74) is 7.01. The molecule has 0 spiro atoms. The molecule has 210 valence electrons. The van der Waals surface area contributed by atoms with Gasteiger partial charge < -0.3 is 25.1 Å². The lowest BCUT2D eigenvalue weighted by Crippen LogP contribution is -2.53. The quantitative estimate of drug-likeness (QED) is 0.372. The van der Waals surface area contributed by atoms with Crippen LogP contribution in [0.3, 0.4) is 0 Å². The Balaban J connectivity index is 1.51. The van der Waals surface area contributed by atoms with E-state index in [0.29, 0.717) is 57.5 Å². The molecule has 3 N–H and O–H groups in total. The van der Waals surface area contributed by atoms with Gasteiger partial charge in [-0.3, -0.25) is 4.90 Å². The third-order valence-electron chi connectivity index (χ3n) is 7.84. The van der Waals surface area contributed by atoms with Gasteiger partial charge in [0.05, 0.1) is 29.0 Å². The number of ether oxygens (including phenoxy) is 2. The Hall–Kier alpha value is -4.06. The van der Waals surface area contributed by atoms with Gasteiger partial charge >= 0.3 is 12.1 Å². The molecule has 1 unspecified atom stereocenters. The maximum absolute atomic E-state index is 15.1. The molecule has 0 bridgehead atoms. The van der Waals surface area contributed by atoms with Crippen molar-refractivity contribution in [3.8, 4) is 11.8 Å². The van der Waals surface area contributed by atoms with Gasteiger partial charge in [0.1, 0.15) is 28.7 Å². The number of fused-ring (bicyclic) bond motifs is 4. The average molecular weight is 549 g/mol. The van der Waals surface area contributed by atoms with Crippen molar-refractivity contribution >= 4 is 39.5 Å². The van der Waals surface area contributed by atoms with Gasteiger partial charge in [-0.25, -0.2) is 19.2 Å². The van der Waals surface area contributed by atoms with Crippen molar-refractivity contribution in [3.63, 3.8) is 0 Å². The summed E-state index contributed by atoms with van der Waals surface area (Å²) in [5, 5.41) is 1.19. The van der Waals surface area contributed by atoms with Gasteiger partial charge in [-0.1, -0.05) is 6.92 Å². The first-order valence-electron chi connectivity index (χ1n) is 13.3. The molecule has 12 heteroatoms. The van der Waals surface area contributed by atoms with E-state index in [-0.39, 0.29) is 17.5 Å². The molecule has 1 saturated carbocycles. The van der Waals surface area contributed by atoms with E-state index in [1.165, 1.54) is 17.0 Å². The van der Waals surface area contributed by atoms with Crippen LogP contribution in [0, 0.1) is 24.1 Å². The van der Waals surface area contributed by atoms with E-state index in [1.54, 1.807) is 47.1 Å². The molecule has 1 aromatic carbocycles. The Bertz CT molecular complexity index is 1630. The number of rotatable bonds is 4. The molecule has 2 aliphatic rings. The highest BCUT2D eigenvalue weighted by atomic mass is 19.1. The van der Waals surface area contributed by atoms with Crippen LogP contribution in [0.15, 0.2) is 24.5 Å². The number of hydrogen-bond donors (Lipinski definition) is 2. The van der Waals surface area contributed by atoms with Crippen LogP contribution in [0.4, 0.5) is 20.7 Å². The van der Waals surface area contributed by atoms with E-state index in [9.17, 15) is 4.79 Å². The summed E-state index contributed by atoms with van der Waals surface area (Å²) < 4.78 is 26.6. The van der Waals surface area contributed by atoms with Crippen LogP contribution < -0.4 is 20.3 Å². The van der Waals surface area contributed by atoms with Crippen LogP contribution in [-0.2, 0) is 4.74 Å². The lowest BCUT2D eigenvalue weighted by Gasteiger charge is -2.46. The van der Waals surface area contributed by atoms with Gasteiger partial charge in [0.15, 0.2) is 5.75 Å². The molecule has 2 fully saturated rings. The molecular weight excluding hydrogens is 515 g/mol. The van der Waals surface area contributed by atoms with Gasteiger partial charge in [-0.15, -0.1) is 0 Å². The van der Waals surface area contributed by atoms with E-state index in [1.807, 2.05) is 0 Å². The summed E-state index contributed by atoms with van der Waals surface area (Å²) in [6.07, 6.45) is 3.44. The van der Waals surface area contributed by atoms with Crippen LogP contribution >= 0.6 is 0 Å². The first-order chi connectivity index (χ1) is 18.8. The molecule has 3 atom stereocenters. The molecule has 1 aliphatic heterocycles. The predicted molar refractivity (Wildman–Crippen MR) is 149 cm³/mol. The van der Waals surface area contributed by atoms with Crippen molar-refractivity contribution in [2.45, 2.75) is 52.7 Å². The minimum Gasteiger partial charge on any atom is -0.443 e. The molecule has 40 heavy (non-hydrogen) atoms. The second-order valence-electron chi connectivity index (χ2n) is 12.1. The van der Waals surface area contributed by atoms with E-state index in [0.717, 1.165) is 13.0 Å². The Labute approximate surface area is 230 Å². The number of nitrogens with two attached hydrogens (primary N) is 1. The van der Waals surface area contributed by atoms with E-state index in [2.05, 4.69) is 31.8 Å². The SMILES string of the molecule is Cc1ncc(Oc2nc(N3CC4[C@H](N)C[C@]4(C)C3)c3c(n2)[nH]c2c(N(C)C(=O)OC(C)(C)C)cc(F)cc23)cn1. The largest absolute Gasteiger partial charge is 0.443 e. The van der Waals surface area contributed by atoms with Crippen LogP contribution in [0.2, 0.25) is 0 Å². The summed E-state index contributed by atoms with van der Waals surface area (Å²) >= 11 is 0. The number of benzene rings is 1. The summed E-state index contributed by atoms with van der Waals surface area (Å²) in [6.45, 7) is 10.8. The molecule has 4 aromatic rings. The van der Waals surface area contributed by atoms with Crippen LogP contribution in [0.1, 0.15) is 39.9 Å². The average Bonchev–Trinajstić information content (AvgIpc) is 3.37. The number of halogens is 1. The first kappa shape index (κ1) is 26.2. The van der Waals surface area contributed by atoms with Gasteiger partial charge in [-0.2, -0.15) is 9.97 Å². The standard InChI is InChI=1S/C28H33FN8O3/c1-14-31-10-16(11-32-14)39-25-34-23-21(24(35-25)37-12-18-19(30)9-28(18,5)13-37)17-7-15(29)8-20(22(17)33-23)36(6)26(38)40-27(2,3)4/h7-8,10-11,18-19H,9,12-13,30H2,1-6H3,(H,33,34,35)/t18?,19-,28-/m1/s1. The van der Waals surface area contributed by atoms with Crippen molar-refractivity contribution in [2.24, 2.45) is 17.1 Å². The van der Waals surface area contributed by atoms with E-state index in [4.69, 9.17) is 20.2 Å². The van der Waals surface area contributed by atoms with Gasteiger partial charge in [0.25, 0.3) is 0 Å². The number of aromatic amines is 1. The second kappa shape index (κ2) is 8.98. The predicted octanol–water partition coefficient (Wildman–Crippen LogP) is 4.69. The molecule has 4 heterocycles. The van der Waals surface area contributed by atoms with Crippen molar-refractivity contribution in [1.29, 1.82) is 0 Å². The number of nitrogens with one attached hydrogen (secondary N) is 1. The summed E-state index contributed by atoms with van der Waals surface area (Å²) in [7, 11) is 1.55. The first-order valence-corrected chi connectivity index (χ1v) is 13.3. The zero-order valence-corrected chi connectivity index (χ0v) is 23.4. The fraction of sp³-hybridized carbons (Fsp3) is 0.464. The smallest absolute Gasteiger partial charge is 0.414 e. The van der Waals surface area contributed by atoms with Crippen LogP contribution in [0.25, 0.3) is 21.9 Å². The van der Waals surface area contributed by atoms with Gasteiger partial charge in [0.2, 0.25) is 0 Å². The minimum absolute atomic E-state index is 0.0714. The number of nitrogens with zero attached hydrogens (tertiary/aromatic N) is 6. The summed E-state index contributed by atoms with van der Waals surface area (Å²) in [5.74, 6) is 1.43. The number of amides is 1. The number of H-pyrrole nitrogens is 1. The second-order valence-corrected chi connectivity index (χ2v) is 12.1. The molecule has 1 amide bonds. The van der Waals surface area contributed by atoms with E-state index >= 15 is 4.39 Å². The molecule has 11 nitrogen and oxygen atoms in total. The summed E-state index contributed by atoms with van der Waals surface area (Å²) in [6, 6.07) is 2.95. The van der Waals surface area contributed by atoms with Crippen LogP contribution in [0.5, 0.6) is 11.8 Å². The molecule has 0 radical (unpaired) electrons. The molecule has 1 aliphatic carbocycles. The van der Waals surface area contributed by atoms with Crippen molar-refractivity contribution in [2.75, 3.05) is 29.9 Å². The van der Waals surface area contributed by atoms with E-state index < -0.39 is 17.5 Å². The normalized spacial score (nSPS) is 22.4. The number of hydrogen-bond acceptors (Lipinski definition) is 9. The lowest BCUT2D eigenvalue weighted by atomic mass is 9.60. The maximum atomic E-state index is 15.1. The highest BCUT2D eigenvalue weighted by Gasteiger charge is 2.55. The van der Waals surface area contributed by atoms with Gasteiger partial charge in [-0.05, 0) is 57.6 Å². The number of carbonyl (C=O) groups is 1. The lowest BCUT2D eigenvalue weighted by molar-refractivity contribution is 0.0589. The number of carbonyl (C=O) groups excluding carboxylic acids is 1. The Morgan fingerprint density at radius 1 is 1.25 bits per heavy atom. The number of aryl methyl sites for hydroxylation is 1. The third kappa shape index (κ3) is 4.45.